The number of hydrogen-bond donors (Lipinski definition) is 4. The number of amides is 5. The van der Waals surface area contributed by atoms with Gasteiger partial charge in [-0.3, -0.25) is 38.9 Å². The van der Waals surface area contributed by atoms with Crippen LogP contribution in [-0.4, -0.2) is 103 Å². The maximum absolute atomic E-state index is 14.3. The van der Waals surface area contributed by atoms with E-state index in [2.05, 4.69) is 60.6 Å². The number of imide groups is 2. The summed E-state index contributed by atoms with van der Waals surface area (Å²) >= 11 is 0. The summed E-state index contributed by atoms with van der Waals surface area (Å²) in [6.45, 7) is 6.37. The van der Waals surface area contributed by atoms with Crippen LogP contribution in [0.3, 0.4) is 0 Å². The van der Waals surface area contributed by atoms with Crippen LogP contribution < -0.4 is 26.2 Å². The summed E-state index contributed by atoms with van der Waals surface area (Å²) in [5.74, 6) is -1.81. The standard InChI is InChI=1S/C46H51F2N11O6/c1-3-38(60)54-43(61)26(2)59-45(63)33-5-4-6-35(39(33)46(59)64)50-17-15-27-7-9-28(10-8-27)20-49-21-29-11-13-30(14-12-29)58-24-36(40(55-58)41(47)48)52-44(62)34-22-51-57-18-16-37(53-42(34)57)56-23-32-19-31(56)25-65-32/h4-10,16,18,22,24,26,29-32,41,49-50H,3,11-15,17,19-21,23,25H2,1-2H3,(H,52,62)(H,54,60,61)/t26?,29?,30?,31-,32-/m1/s1. The van der Waals surface area contributed by atoms with Crippen LogP contribution >= 0.6 is 0 Å². The van der Waals surface area contributed by atoms with Crippen molar-refractivity contribution >= 4 is 52.4 Å². The number of rotatable bonds is 16. The maximum Gasteiger partial charge on any atom is 0.284 e. The fraction of sp³-hybridized carbons (Fsp3) is 0.435. The Bertz CT molecular complexity index is 2620. The SMILES string of the molecule is CCC(=O)NC(=O)C(C)N1C(=O)c2cccc(NCCc3ccc(CNCC4CCC(n5cc(NC(=O)c6cnn7ccc(N8C[C@H]9C[C@@H]8CO9)nc67)c(C(F)F)n5)CC4)cc3)c2C1=O. The van der Waals surface area contributed by atoms with Crippen molar-refractivity contribution in [2.45, 2.75) is 96.0 Å². The van der Waals surface area contributed by atoms with Gasteiger partial charge in [-0.15, -0.1) is 0 Å². The summed E-state index contributed by atoms with van der Waals surface area (Å²) in [6, 6.07) is 14.1. The van der Waals surface area contributed by atoms with Crippen molar-refractivity contribution in [2.24, 2.45) is 5.92 Å². The highest BCUT2D eigenvalue weighted by Crippen LogP contribution is 2.36. The quantitative estimate of drug-likeness (QED) is 0.0935. The number of morpholine rings is 1. The number of alkyl halides is 2. The number of fused-ring (bicyclic) bond motifs is 4. The molecule has 65 heavy (non-hydrogen) atoms. The molecule has 0 spiro atoms. The molecule has 2 saturated heterocycles. The lowest BCUT2D eigenvalue weighted by molar-refractivity contribution is -0.132. The minimum atomic E-state index is -2.88. The van der Waals surface area contributed by atoms with Crippen molar-refractivity contribution in [2.75, 3.05) is 41.8 Å². The Hall–Kier alpha value is -6.60. The number of hydrogen-bond acceptors (Lipinski definition) is 12. The number of nitrogens with zero attached hydrogens (tertiary/aromatic N) is 7. The normalized spacial score (nSPS) is 20.8. The molecule has 4 aliphatic rings. The Balaban J connectivity index is 0.728. The maximum atomic E-state index is 14.3. The van der Waals surface area contributed by atoms with Gasteiger partial charge in [0.2, 0.25) is 11.8 Å². The van der Waals surface area contributed by atoms with Crippen LogP contribution in [0.4, 0.5) is 26.0 Å². The van der Waals surface area contributed by atoms with Crippen molar-refractivity contribution in [3.8, 4) is 0 Å². The van der Waals surface area contributed by atoms with Crippen LogP contribution in [0.2, 0.25) is 0 Å². The lowest BCUT2D eigenvalue weighted by Gasteiger charge is -2.29. The Morgan fingerprint density at radius 1 is 0.954 bits per heavy atom. The molecule has 17 nitrogen and oxygen atoms in total. The third-order valence-electron chi connectivity index (χ3n) is 13.0. The van der Waals surface area contributed by atoms with Gasteiger partial charge in [0, 0.05) is 44.1 Å². The lowest BCUT2D eigenvalue weighted by Crippen LogP contribution is -2.49. The minimum absolute atomic E-state index is 0.0253. The molecule has 3 atom stereocenters. The van der Waals surface area contributed by atoms with Crippen LogP contribution in [0.1, 0.15) is 113 Å². The molecular weight excluding hydrogens is 841 g/mol. The Morgan fingerprint density at radius 3 is 2.46 bits per heavy atom. The first-order valence-electron chi connectivity index (χ1n) is 22.2. The fourth-order valence-corrected chi connectivity index (χ4v) is 9.35. The molecule has 340 valence electrons. The fourth-order valence-electron chi connectivity index (χ4n) is 9.35. The van der Waals surface area contributed by atoms with Gasteiger partial charge < -0.3 is 25.6 Å². The predicted octanol–water partition coefficient (Wildman–Crippen LogP) is 5.31. The van der Waals surface area contributed by atoms with E-state index in [-0.39, 0.29) is 47.0 Å². The third-order valence-corrected chi connectivity index (χ3v) is 13.0. The number of anilines is 3. The highest BCUT2D eigenvalue weighted by atomic mass is 19.3. The van der Waals surface area contributed by atoms with Crippen molar-refractivity contribution in [1.82, 2.24) is 39.9 Å². The summed E-state index contributed by atoms with van der Waals surface area (Å²) in [4.78, 5) is 72.1. The van der Waals surface area contributed by atoms with E-state index in [1.165, 1.54) is 23.8 Å². The minimum Gasteiger partial charge on any atom is -0.384 e. The van der Waals surface area contributed by atoms with Crippen LogP contribution in [0.25, 0.3) is 5.65 Å². The van der Waals surface area contributed by atoms with E-state index >= 15 is 0 Å². The summed E-state index contributed by atoms with van der Waals surface area (Å²) < 4.78 is 37.3. The first kappa shape index (κ1) is 43.6. The number of carbonyl (C=O) groups is 5. The van der Waals surface area contributed by atoms with Crippen LogP contribution in [0.5, 0.6) is 0 Å². The molecule has 3 fully saturated rings. The zero-order chi connectivity index (χ0) is 45.4. The first-order valence-corrected chi connectivity index (χ1v) is 22.2. The van der Waals surface area contributed by atoms with Gasteiger partial charge in [-0.2, -0.15) is 10.2 Å². The van der Waals surface area contributed by atoms with Gasteiger partial charge in [0.1, 0.15) is 17.4 Å². The number of nitrogens with one attached hydrogen (secondary N) is 4. The van der Waals surface area contributed by atoms with Gasteiger partial charge in [0.05, 0.1) is 47.8 Å². The van der Waals surface area contributed by atoms with Crippen molar-refractivity contribution in [3.63, 3.8) is 0 Å². The van der Waals surface area contributed by atoms with Crippen LogP contribution in [0.15, 0.2) is 67.1 Å². The summed E-state index contributed by atoms with van der Waals surface area (Å²) in [5.41, 5.74) is 3.15. The average molecular weight is 892 g/mol. The van der Waals surface area contributed by atoms with E-state index in [9.17, 15) is 32.8 Å². The molecule has 3 aromatic heterocycles. The second-order valence-electron chi connectivity index (χ2n) is 17.2. The van der Waals surface area contributed by atoms with Crippen molar-refractivity contribution < 1.29 is 37.5 Å². The predicted molar refractivity (Wildman–Crippen MR) is 235 cm³/mol. The first-order chi connectivity index (χ1) is 31.4. The van der Waals surface area contributed by atoms with Gasteiger partial charge >= 0.3 is 0 Å². The smallest absolute Gasteiger partial charge is 0.284 e. The molecular formula is C46H51F2N11O6. The van der Waals surface area contributed by atoms with E-state index < -0.39 is 47.7 Å². The molecule has 1 unspecified atom stereocenters. The second kappa shape index (κ2) is 18.5. The van der Waals surface area contributed by atoms with E-state index in [0.717, 1.165) is 67.0 Å². The van der Waals surface area contributed by atoms with Crippen LogP contribution in [-0.2, 0) is 27.3 Å². The highest BCUT2D eigenvalue weighted by molar-refractivity contribution is 6.25. The number of halogens is 2. The average Bonchev–Trinajstić information content (AvgIpc) is 4.16. The largest absolute Gasteiger partial charge is 0.384 e. The van der Waals surface area contributed by atoms with Crippen molar-refractivity contribution in [1.29, 1.82) is 0 Å². The molecule has 1 saturated carbocycles. The summed E-state index contributed by atoms with van der Waals surface area (Å²) in [5, 5.41) is 20.3. The van der Waals surface area contributed by atoms with Crippen molar-refractivity contribution in [3.05, 3.63) is 101 Å². The Kier molecular flexibility index (Phi) is 12.4. The third kappa shape index (κ3) is 8.94. The molecule has 5 amide bonds. The van der Waals surface area contributed by atoms with E-state index in [0.29, 0.717) is 43.4 Å². The second-order valence-corrected chi connectivity index (χ2v) is 17.2. The van der Waals surface area contributed by atoms with Gasteiger partial charge in [-0.25, -0.2) is 18.3 Å². The monoisotopic (exact) mass is 891 g/mol. The molecule has 1 aliphatic carbocycles. The number of aromatic nitrogens is 5. The molecule has 0 radical (unpaired) electrons. The van der Waals surface area contributed by atoms with Gasteiger partial charge in [0.25, 0.3) is 24.1 Å². The van der Waals surface area contributed by atoms with E-state index in [4.69, 9.17) is 9.72 Å². The summed E-state index contributed by atoms with van der Waals surface area (Å²) in [6.07, 6.45) is 6.97. The highest BCUT2D eigenvalue weighted by Gasteiger charge is 2.43. The lowest BCUT2D eigenvalue weighted by atomic mass is 9.86. The van der Waals surface area contributed by atoms with Gasteiger partial charge in [0.15, 0.2) is 11.3 Å². The molecule has 3 aliphatic heterocycles. The molecule has 19 heteroatoms. The number of ether oxygens (including phenoxy) is 1. The molecule has 4 N–H and O–H groups in total. The van der Waals surface area contributed by atoms with Gasteiger partial charge in [-0.05, 0) is 87.2 Å². The Labute approximate surface area is 373 Å². The molecule has 6 heterocycles. The topological polar surface area (TPSA) is 197 Å². The molecule has 2 bridgehead atoms. The molecule has 5 aromatic rings. The van der Waals surface area contributed by atoms with E-state index in [1.807, 2.05) is 6.07 Å². The number of carbonyl (C=O) groups excluding carboxylic acids is 5. The zero-order valence-electron chi connectivity index (χ0n) is 36.1. The zero-order valence-corrected chi connectivity index (χ0v) is 36.1. The summed E-state index contributed by atoms with van der Waals surface area (Å²) in [7, 11) is 0. The van der Waals surface area contributed by atoms with E-state index in [1.54, 1.807) is 36.0 Å². The Morgan fingerprint density at radius 2 is 1.74 bits per heavy atom. The number of benzene rings is 2. The van der Waals surface area contributed by atoms with Gasteiger partial charge in [-0.1, -0.05) is 37.3 Å². The van der Waals surface area contributed by atoms with Crippen LogP contribution in [0, 0.1) is 5.92 Å². The molecule has 2 aromatic carbocycles. The molecule has 9 rings (SSSR count).